The Morgan fingerprint density at radius 3 is 2.78 bits per heavy atom. The van der Waals surface area contributed by atoms with Gasteiger partial charge in [0.1, 0.15) is 17.4 Å². The highest BCUT2D eigenvalue weighted by Crippen LogP contribution is 2.18. The molecule has 3 rings (SSSR count). The van der Waals surface area contributed by atoms with E-state index < -0.39 is 10.0 Å². The number of benzene rings is 1. The van der Waals surface area contributed by atoms with Gasteiger partial charge in [-0.05, 0) is 12.1 Å². The molecule has 0 aliphatic heterocycles. The van der Waals surface area contributed by atoms with Crippen molar-refractivity contribution in [3.8, 4) is 5.75 Å². The van der Waals surface area contributed by atoms with Crippen LogP contribution in [-0.4, -0.2) is 35.5 Å². The molecule has 3 N–H and O–H groups in total. The lowest BCUT2D eigenvalue weighted by molar-refractivity contribution is 0.415. The molecule has 0 spiro atoms. The molecular weight excluding hydrogens is 318 g/mol. The van der Waals surface area contributed by atoms with Crippen molar-refractivity contribution in [1.82, 2.24) is 24.7 Å². The number of hydrogen-bond acceptors (Lipinski definition) is 5. The number of H-pyrrole nitrogens is 2. The Balaban J connectivity index is 1.77. The normalized spacial score (nSPS) is 11.9. The van der Waals surface area contributed by atoms with Crippen LogP contribution < -0.4 is 9.46 Å². The van der Waals surface area contributed by atoms with Crippen molar-refractivity contribution in [3.05, 3.63) is 36.0 Å². The fourth-order valence-corrected chi connectivity index (χ4v) is 3.08. The van der Waals surface area contributed by atoms with Gasteiger partial charge in [-0.2, -0.15) is 0 Å². The molecular formula is C14H17N5O3S. The molecule has 9 heteroatoms. The lowest BCUT2D eigenvalue weighted by atomic mass is 10.3. The van der Waals surface area contributed by atoms with Gasteiger partial charge in [0.05, 0.1) is 30.9 Å². The van der Waals surface area contributed by atoms with Crippen LogP contribution in [0.3, 0.4) is 0 Å². The number of rotatable bonds is 6. The summed E-state index contributed by atoms with van der Waals surface area (Å²) in [6.45, 7) is 1.95. The number of ether oxygens (including phenoxy) is 1. The van der Waals surface area contributed by atoms with E-state index in [-0.39, 0.29) is 11.6 Å². The Morgan fingerprint density at radius 2 is 2.09 bits per heavy atom. The van der Waals surface area contributed by atoms with Crippen molar-refractivity contribution < 1.29 is 13.2 Å². The molecule has 0 unspecified atom stereocenters. The summed E-state index contributed by atoms with van der Waals surface area (Å²) < 4.78 is 32.1. The Kier molecular flexibility index (Phi) is 4.05. The summed E-state index contributed by atoms with van der Waals surface area (Å²) in [4.78, 5) is 14.2. The topological polar surface area (TPSA) is 113 Å². The zero-order valence-corrected chi connectivity index (χ0v) is 13.6. The van der Waals surface area contributed by atoms with Crippen molar-refractivity contribution >= 4 is 21.1 Å². The summed E-state index contributed by atoms with van der Waals surface area (Å²) in [6, 6.07) is 5.42. The molecule has 0 aliphatic rings. The summed E-state index contributed by atoms with van der Waals surface area (Å²) in [7, 11) is -2.07. The van der Waals surface area contributed by atoms with Crippen LogP contribution in [0.4, 0.5) is 0 Å². The van der Waals surface area contributed by atoms with Gasteiger partial charge in [-0.3, -0.25) is 0 Å². The third-order valence-electron chi connectivity index (χ3n) is 3.40. The second-order valence-corrected chi connectivity index (χ2v) is 6.67. The first-order valence-corrected chi connectivity index (χ1v) is 8.56. The summed E-state index contributed by atoms with van der Waals surface area (Å²) in [6.07, 6.45) is 1.95. The van der Waals surface area contributed by atoms with Gasteiger partial charge in [0, 0.05) is 12.5 Å². The molecule has 0 radical (unpaired) electrons. The maximum atomic E-state index is 12.2. The van der Waals surface area contributed by atoms with Gasteiger partial charge in [-0.1, -0.05) is 6.92 Å². The van der Waals surface area contributed by atoms with Crippen LogP contribution in [0.5, 0.6) is 5.75 Å². The quantitative estimate of drug-likeness (QED) is 0.629. The summed E-state index contributed by atoms with van der Waals surface area (Å²) in [5.74, 6) is 1.85. The zero-order valence-electron chi connectivity index (χ0n) is 12.8. The molecule has 0 bridgehead atoms. The van der Waals surface area contributed by atoms with Crippen LogP contribution in [0.1, 0.15) is 18.6 Å². The van der Waals surface area contributed by atoms with Crippen LogP contribution >= 0.6 is 0 Å². The first kappa shape index (κ1) is 15.5. The van der Waals surface area contributed by atoms with Gasteiger partial charge in [0.2, 0.25) is 0 Å². The second-order valence-electron chi connectivity index (χ2n) is 4.94. The number of sulfonamides is 1. The lowest BCUT2D eigenvalue weighted by Gasteiger charge is -2.02. The molecule has 2 aromatic heterocycles. The van der Waals surface area contributed by atoms with Crippen molar-refractivity contribution in [2.45, 2.75) is 24.9 Å². The van der Waals surface area contributed by atoms with Crippen LogP contribution in [0, 0.1) is 0 Å². The minimum atomic E-state index is -3.65. The van der Waals surface area contributed by atoms with Gasteiger partial charge in [0.25, 0.3) is 10.0 Å². The largest absolute Gasteiger partial charge is 0.497 e. The summed E-state index contributed by atoms with van der Waals surface area (Å²) >= 11 is 0. The van der Waals surface area contributed by atoms with Crippen LogP contribution in [0.25, 0.3) is 11.0 Å². The standard InChI is InChI=1S/C14H17N5O3S/c1-3-12-15-8-14(19-12)23(20,21)16-7-13-17-10-5-4-9(22-2)6-11(10)18-13/h4-6,8,16H,3,7H2,1-2H3,(H,15,19)(H,17,18). The number of imidazole rings is 2. The summed E-state index contributed by atoms with van der Waals surface area (Å²) in [5.41, 5.74) is 1.53. The Bertz CT molecular complexity index is 929. The Hall–Kier alpha value is -2.39. The molecule has 3 aromatic rings. The molecule has 122 valence electrons. The van der Waals surface area contributed by atoms with E-state index in [0.29, 0.717) is 23.8 Å². The van der Waals surface area contributed by atoms with E-state index >= 15 is 0 Å². The van der Waals surface area contributed by atoms with Gasteiger partial charge in [0.15, 0.2) is 5.03 Å². The molecule has 0 saturated carbocycles. The number of nitrogens with zero attached hydrogens (tertiary/aromatic N) is 2. The average Bonchev–Trinajstić information content (AvgIpc) is 3.18. The Labute approximate surface area is 133 Å². The fraction of sp³-hybridized carbons (Fsp3) is 0.286. The Morgan fingerprint density at radius 1 is 1.26 bits per heavy atom. The molecule has 0 atom stereocenters. The molecule has 0 saturated heterocycles. The highest BCUT2D eigenvalue weighted by molar-refractivity contribution is 7.89. The minimum absolute atomic E-state index is 0.0483. The molecule has 0 aliphatic carbocycles. The molecule has 1 aromatic carbocycles. The highest BCUT2D eigenvalue weighted by atomic mass is 32.2. The summed E-state index contributed by atoms with van der Waals surface area (Å²) in [5, 5.41) is 0.0483. The average molecular weight is 335 g/mol. The first-order valence-electron chi connectivity index (χ1n) is 7.08. The van der Waals surface area contributed by atoms with E-state index in [0.717, 1.165) is 11.0 Å². The molecule has 0 fully saturated rings. The monoisotopic (exact) mass is 335 g/mol. The lowest BCUT2D eigenvalue weighted by Crippen LogP contribution is -2.24. The highest BCUT2D eigenvalue weighted by Gasteiger charge is 2.17. The number of hydrogen-bond donors (Lipinski definition) is 3. The second kappa shape index (κ2) is 6.01. The van der Waals surface area contributed by atoms with E-state index in [1.807, 2.05) is 19.1 Å². The van der Waals surface area contributed by atoms with Crippen molar-refractivity contribution in [2.24, 2.45) is 0 Å². The van der Waals surface area contributed by atoms with E-state index in [9.17, 15) is 8.42 Å². The molecule has 0 amide bonds. The zero-order chi connectivity index (χ0) is 16.4. The van der Waals surface area contributed by atoms with Crippen molar-refractivity contribution in [2.75, 3.05) is 7.11 Å². The van der Waals surface area contributed by atoms with E-state index in [1.54, 1.807) is 13.2 Å². The third-order valence-corrected chi connectivity index (χ3v) is 4.71. The number of aromatic nitrogens is 4. The molecule has 2 heterocycles. The SMILES string of the molecule is CCc1ncc(S(=O)(=O)NCc2nc3ccc(OC)cc3[nH]2)[nH]1. The van der Waals surface area contributed by atoms with Crippen molar-refractivity contribution in [3.63, 3.8) is 0 Å². The van der Waals surface area contributed by atoms with E-state index in [2.05, 4.69) is 24.7 Å². The maximum Gasteiger partial charge on any atom is 0.258 e. The fourth-order valence-electron chi connectivity index (χ4n) is 2.15. The van der Waals surface area contributed by atoms with E-state index in [1.165, 1.54) is 6.20 Å². The smallest absolute Gasteiger partial charge is 0.258 e. The number of methoxy groups -OCH3 is 1. The molecule has 8 nitrogen and oxygen atoms in total. The predicted octanol–water partition coefficient (Wildman–Crippen LogP) is 1.34. The number of nitrogens with one attached hydrogen (secondary N) is 3. The third kappa shape index (κ3) is 3.20. The first-order chi connectivity index (χ1) is 11.0. The number of aromatic amines is 2. The maximum absolute atomic E-state index is 12.2. The van der Waals surface area contributed by atoms with E-state index in [4.69, 9.17) is 4.74 Å². The van der Waals surface area contributed by atoms with Crippen molar-refractivity contribution in [1.29, 1.82) is 0 Å². The predicted molar refractivity (Wildman–Crippen MR) is 84.6 cm³/mol. The van der Waals surface area contributed by atoms with Gasteiger partial charge >= 0.3 is 0 Å². The van der Waals surface area contributed by atoms with Gasteiger partial charge < -0.3 is 14.7 Å². The number of fused-ring (bicyclic) bond motifs is 1. The van der Waals surface area contributed by atoms with Crippen LogP contribution in [-0.2, 0) is 23.0 Å². The van der Waals surface area contributed by atoms with Crippen LogP contribution in [0.2, 0.25) is 0 Å². The van der Waals surface area contributed by atoms with Gasteiger partial charge in [-0.15, -0.1) is 0 Å². The number of aryl methyl sites for hydroxylation is 1. The molecule has 23 heavy (non-hydrogen) atoms. The van der Waals surface area contributed by atoms with Crippen LogP contribution in [0.15, 0.2) is 29.4 Å². The minimum Gasteiger partial charge on any atom is -0.497 e. The van der Waals surface area contributed by atoms with Gasteiger partial charge in [-0.25, -0.2) is 23.1 Å².